The number of hydrogen-bond donors (Lipinski definition) is 1. The Morgan fingerprint density at radius 2 is 1.96 bits per heavy atom. The van der Waals surface area contributed by atoms with E-state index in [1.54, 1.807) is 7.11 Å². The Morgan fingerprint density at radius 1 is 1.19 bits per heavy atom. The summed E-state index contributed by atoms with van der Waals surface area (Å²) in [6, 6.07) is 11.7. The van der Waals surface area contributed by atoms with Crippen molar-refractivity contribution in [2.75, 3.05) is 25.1 Å². The van der Waals surface area contributed by atoms with E-state index >= 15 is 0 Å². The van der Waals surface area contributed by atoms with E-state index in [4.69, 9.17) is 4.74 Å². The van der Waals surface area contributed by atoms with Crippen LogP contribution in [-0.4, -0.2) is 32.0 Å². The molecule has 0 saturated heterocycles. The second-order valence-electron chi connectivity index (χ2n) is 6.82. The molecule has 1 N–H and O–H groups in total. The van der Waals surface area contributed by atoms with E-state index in [2.05, 4.69) is 5.32 Å². The number of hydrogen-bond acceptors (Lipinski definition) is 3. The molecule has 5 nitrogen and oxygen atoms in total. The zero-order valence-electron chi connectivity index (χ0n) is 14.9. The van der Waals surface area contributed by atoms with Crippen LogP contribution >= 0.6 is 0 Å². The smallest absolute Gasteiger partial charge is 0.251 e. The van der Waals surface area contributed by atoms with E-state index in [9.17, 15) is 9.59 Å². The van der Waals surface area contributed by atoms with Gasteiger partial charge in [-0.25, -0.2) is 0 Å². The lowest BCUT2D eigenvalue weighted by Crippen LogP contribution is -2.31. The van der Waals surface area contributed by atoms with Crippen molar-refractivity contribution in [2.24, 2.45) is 0 Å². The van der Waals surface area contributed by atoms with Crippen molar-refractivity contribution in [1.82, 2.24) is 5.32 Å². The summed E-state index contributed by atoms with van der Waals surface area (Å²) >= 11 is 0. The highest BCUT2D eigenvalue weighted by molar-refractivity contribution is 6.04. The van der Waals surface area contributed by atoms with Crippen molar-refractivity contribution in [2.45, 2.75) is 25.7 Å². The number of nitrogens with zero attached hydrogens (tertiary/aromatic N) is 1. The minimum atomic E-state index is -0.0750. The van der Waals surface area contributed by atoms with Crippen LogP contribution in [0.1, 0.15) is 33.5 Å². The molecule has 134 valence electrons. The van der Waals surface area contributed by atoms with E-state index in [1.807, 2.05) is 41.3 Å². The van der Waals surface area contributed by atoms with E-state index in [1.165, 1.54) is 0 Å². The average Bonchev–Trinajstić information content (AvgIpc) is 2.99. The fourth-order valence-corrected chi connectivity index (χ4v) is 3.82. The molecule has 0 atom stereocenters. The average molecular weight is 350 g/mol. The lowest BCUT2D eigenvalue weighted by atomic mass is 9.96. The van der Waals surface area contributed by atoms with Gasteiger partial charge in [-0.3, -0.25) is 9.59 Å². The molecule has 2 aromatic rings. The van der Waals surface area contributed by atoms with Crippen molar-refractivity contribution in [1.29, 1.82) is 0 Å². The summed E-state index contributed by atoms with van der Waals surface area (Å²) in [6.45, 7) is 1.37. The molecule has 4 rings (SSSR count). The van der Waals surface area contributed by atoms with Crippen LogP contribution in [0, 0.1) is 0 Å². The maximum atomic E-state index is 12.6. The number of benzene rings is 2. The minimum Gasteiger partial charge on any atom is -0.497 e. The first-order valence-corrected chi connectivity index (χ1v) is 9.03. The number of aryl methyl sites for hydroxylation is 1. The molecular weight excluding hydrogens is 328 g/mol. The van der Waals surface area contributed by atoms with Gasteiger partial charge in [0.1, 0.15) is 5.75 Å². The fraction of sp³-hybridized carbons (Fsp3) is 0.333. The lowest BCUT2D eigenvalue weighted by molar-refractivity contribution is -0.117. The van der Waals surface area contributed by atoms with Crippen LogP contribution in [0.2, 0.25) is 0 Å². The van der Waals surface area contributed by atoms with Gasteiger partial charge in [0.05, 0.1) is 19.2 Å². The number of amides is 2. The summed E-state index contributed by atoms with van der Waals surface area (Å²) in [4.78, 5) is 26.5. The van der Waals surface area contributed by atoms with Gasteiger partial charge in [0.15, 0.2) is 0 Å². The van der Waals surface area contributed by atoms with Gasteiger partial charge in [-0.2, -0.15) is 0 Å². The van der Waals surface area contributed by atoms with Crippen molar-refractivity contribution >= 4 is 17.5 Å². The van der Waals surface area contributed by atoms with Crippen LogP contribution < -0.4 is 15.0 Å². The molecule has 0 fully saturated rings. The largest absolute Gasteiger partial charge is 0.497 e. The zero-order valence-corrected chi connectivity index (χ0v) is 14.9. The van der Waals surface area contributed by atoms with Crippen molar-refractivity contribution in [3.05, 3.63) is 58.7 Å². The van der Waals surface area contributed by atoms with Gasteiger partial charge in [0.2, 0.25) is 5.91 Å². The van der Waals surface area contributed by atoms with Crippen molar-refractivity contribution in [3.8, 4) is 5.75 Å². The van der Waals surface area contributed by atoms with Crippen LogP contribution in [-0.2, 0) is 24.1 Å². The van der Waals surface area contributed by atoms with Gasteiger partial charge in [-0.15, -0.1) is 0 Å². The van der Waals surface area contributed by atoms with Gasteiger partial charge in [-0.1, -0.05) is 12.1 Å². The molecule has 2 heterocycles. The third kappa shape index (κ3) is 3.05. The lowest BCUT2D eigenvalue weighted by Gasteiger charge is -2.25. The van der Waals surface area contributed by atoms with Crippen molar-refractivity contribution in [3.63, 3.8) is 0 Å². The number of anilines is 1. The first-order chi connectivity index (χ1) is 12.7. The number of carbonyl (C=O) groups excluding carboxylic acids is 2. The Balaban J connectivity index is 1.42. The fourth-order valence-electron chi connectivity index (χ4n) is 3.82. The summed E-state index contributed by atoms with van der Waals surface area (Å²) in [5.74, 6) is 0.903. The summed E-state index contributed by atoms with van der Waals surface area (Å²) < 4.78 is 5.15. The van der Waals surface area contributed by atoms with Gasteiger partial charge >= 0.3 is 0 Å². The molecule has 0 radical (unpaired) electrons. The molecule has 0 bridgehead atoms. The van der Waals surface area contributed by atoms with Gasteiger partial charge < -0.3 is 15.0 Å². The highest BCUT2D eigenvalue weighted by atomic mass is 16.5. The monoisotopic (exact) mass is 350 g/mol. The molecular formula is C21H22N2O3. The Bertz CT molecular complexity index is 858. The highest BCUT2D eigenvalue weighted by Crippen LogP contribution is 2.37. The van der Waals surface area contributed by atoms with E-state index in [0.29, 0.717) is 18.5 Å². The minimum absolute atomic E-state index is 0.0750. The SMILES string of the molecule is COc1ccc(CCNC(=O)c2cc3c4c(c2)CC(=O)N4CCC3)cc1. The zero-order chi connectivity index (χ0) is 18.1. The number of carbonyl (C=O) groups is 2. The molecule has 0 unspecified atom stereocenters. The van der Waals surface area contributed by atoms with Crippen LogP contribution in [0.3, 0.4) is 0 Å². The third-order valence-corrected chi connectivity index (χ3v) is 5.13. The maximum absolute atomic E-state index is 12.6. The van der Waals surface area contributed by atoms with E-state index < -0.39 is 0 Å². The first kappa shape index (κ1) is 16.6. The van der Waals surface area contributed by atoms with E-state index in [-0.39, 0.29) is 11.8 Å². The number of ether oxygens (including phenoxy) is 1. The predicted octanol–water partition coefficient (Wildman–Crippen LogP) is 2.50. The molecule has 0 spiro atoms. The van der Waals surface area contributed by atoms with Gasteiger partial charge in [-0.05, 0) is 60.2 Å². The summed E-state index contributed by atoms with van der Waals surface area (Å²) in [7, 11) is 1.64. The Labute approximate surface area is 153 Å². The number of rotatable bonds is 5. The van der Waals surface area contributed by atoms with Crippen LogP contribution in [0.15, 0.2) is 36.4 Å². The highest BCUT2D eigenvalue weighted by Gasteiger charge is 2.32. The molecule has 2 aliphatic rings. The first-order valence-electron chi connectivity index (χ1n) is 9.03. The molecule has 2 aromatic carbocycles. The molecule has 26 heavy (non-hydrogen) atoms. The maximum Gasteiger partial charge on any atom is 0.251 e. The van der Waals surface area contributed by atoms with Crippen LogP contribution in [0.4, 0.5) is 5.69 Å². The quantitative estimate of drug-likeness (QED) is 0.901. The molecule has 0 aromatic heterocycles. The standard InChI is InChI=1S/C21H22N2O3/c1-26-18-6-4-14(5-7-18)8-9-22-21(25)17-11-15-3-2-10-23-19(24)13-16(12-17)20(15)23/h4-7,11-12H,2-3,8-10,13H2,1H3,(H,22,25). The summed E-state index contributed by atoms with van der Waals surface area (Å²) in [5, 5.41) is 2.99. The van der Waals surface area contributed by atoms with Crippen LogP contribution in [0.25, 0.3) is 0 Å². The second-order valence-corrected chi connectivity index (χ2v) is 6.82. The Kier molecular flexibility index (Phi) is 4.37. The predicted molar refractivity (Wildman–Crippen MR) is 99.9 cm³/mol. The second kappa shape index (κ2) is 6.83. The normalized spacial score (nSPS) is 15.0. The Hall–Kier alpha value is -2.82. The number of methoxy groups -OCH3 is 1. The number of nitrogens with one attached hydrogen (secondary N) is 1. The topological polar surface area (TPSA) is 58.6 Å². The van der Waals surface area contributed by atoms with Gasteiger partial charge in [0, 0.05) is 18.7 Å². The molecule has 2 amide bonds. The van der Waals surface area contributed by atoms with Crippen molar-refractivity contribution < 1.29 is 14.3 Å². The molecule has 5 heteroatoms. The van der Waals surface area contributed by atoms with Gasteiger partial charge in [0.25, 0.3) is 5.91 Å². The molecule has 0 aliphatic carbocycles. The molecule has 2 aliphatic heterocycles. The third-order valence-electron chi connectivity index (χ3n) is 5.13. The van der Waals surface area contributed by atoms with Crippen LogP contribution in [0.5, 0.6) is 5.75 Å². The Morgan fingerprint density at radius 3 is 2.73 bits per heavy atom. The van der Waals surface area contributed by atoms with E-state index in [0.717, 1.165) is 53.9 Å². The summed E-state index contributed by atoms with van der Waals surface area (Å²) in [5.41, 5.74) is 4.98. The molecule has 0 saturated carbocycles. The summed E-state index contributed by atoms with van der Waals surface area (Å²) in [6.07, 6.45) is 3.06.